The summed E-state index contributed by atoms with van der Waals surface area (Å²) in [7, 11) is 0. The lowest BCUT2D eigenvalue weighted by atomic mass is 9.88. The van der Waals surface area contributed by atoms with Crippen LogP contribution >= 0.6 is 11.3 Å². The van der Waals surface area contributed by atoms with Gasteiger partial charge in [0, 0.05) is 22.8 Å². The Morgan fingerprint density at radius 1 is 1.13 bits per heavy atom. The van der Waals surface area contributed by atoms with E-state index in [0.717, 1.165) is 16.0 Å². The Morgan fingerprint density at radius 2 is 1.83 bits per heavy atom. The number of anilines is 1. The van der Waals surface area contributed by atoms with Crippen LogP contribution < -0.4 is 15.8 Å². The van der Waals surface area contributed by atoms with E-state index in [1.165, 1.54) is 11.3 Å². The summed E-state index contributed by atoms with van der Waals surface area (Å²) in [5, 5.41) is 12.7. The van der Waals surface area contributed by atoms with E-state index >= 15 is 0 Å². The van der Waals surface area contributed by atoms with Crippen LogP contribution in [0.5, 0.6) is 5.75 Å². The van der Waals surface area contributed by atoms with E-state index in [2.05, 4.69) is 5.32 Å². The van der Waals surface area contributed by atoms with Gasteiger partial charge in [-0.2, -0.15) is 0 Å². The maximum atomic E-state index is 12.5. The van der Waals surface area contributed by atoms with Gasteiger partial charge >= 0.3 is 5.97 Å². The van der Waals surface area contributed by atoms with Crippen molar-refractivity contribution in [2.75, 3.05) is 11.9 Å². The first-order valence-corrected chi connectivity index (χ1v) is 10.0. The fourth-order valence-electron chi connectivity index (χ4n) is 3.54. The molecule has 2 heterocycles. The van der Waals surface area contributed by atoms with E-state index in [1.807, 2.05) is 42.5 Å². The van der Waals surface area contributed by atoms with Gasteiger partial charge in [-0.1, -0.05) is 42.5 Å². The third kappa shape index (κ3) is 3.77. The van der Waals surface area contributed by atoms with E-state index in [0.29, 0.717) is 17.0 Å². The van der Waals surface area contributed by atoms with Crippen LogP contribution in [0.1, 0.15) is 32.5 Å². The number of carbonyl (C=O) groups excluding carboxylic acids is 2. The zero-order valence-corrected chi connectivity index (χ0v) is 16.6. The second-order valence-electron chi connectivity index (χ2n) is 6.85. The quantitative estimate of drug-likeness (QED) is 0.562. The average Bonchev–Trinajstić information content (AvgIpc) is 3.12. The minimum atomic E-state index is -1.03. The summed E-state index contributed by atoms with van der Waals surface area (Å²) in [6.07, 6.45) is 0.211. The third-order valence-electron chi connectivity index (χ3n) is 4.83. The van der Waals surface area contributed by atoms with Gasteiger partial charge in [0.15, 0.2) is 6.61 Å². The average molecular weight is 422 g/mol. The highest BCUT2D eigenvalue weighted by Gasteiger charge is 2.34. The summed E-state index contributed by atoms with van der Waals surface area (Å²) < 4.78 is 5.28. The van der Waals surface area contributed by atoms with Crippen LogP contribution in [-0.2, 0) is 9.59 Å². The van der Waals surface area contributed by atoms with Crippen LogP contribution in [0.4, 0.5) is 5.69 Å². The second kappa shape index (κ2) is 8.00. The number of primary amides is 1. The molecule has 7 nitrogen and oxygen atoms in total. The number of aromatic carboxylic acids is 1. The summed E-state index contributed by atoms with van der Waals surface area (Å²) >= 11 is 1.18. The molecule has 30 heavy (non-hydrogen) atoms. The molecule has 1 atom stereocenters. The molecule has 2 amide bonds. The van der Waals surface area contributed by atoms with Crippen molar-refractivity contribution >= 4 is 34.8 Å². The Hall–Kier alpha value is -3.65. The normalized spacial score (nSPS) is 15.2. The number of ether oxygens (including phenoxy) is 1. The lowest BCUT2D eigenvalue weighted by molar-refractivity contribution is -0.120. The summed E-state index contributed by atoms with van der Waals surface area (Å²) in [4.78, 5) is 36.3. The summed E-state index contributed by atoms with van der Waals surface area (Å²) in [5.74, 6) is -1.56. The van der Waals surface area contributed by atoms with E-state index in [1.54, 1.807) is 12.1 Å². The zero-order chi connectivity index (χ0) is 21.3. The summed E-state index contributed by atoms with van der Waals surface area (Å²) in [5.41, 5.74) is 7.77. The van der Waals surface area contributed by atoms with Gasteiger partial charge in [-0.05, 0) is 23.3 Å². The molecule has 1 aliphatic rings. The van der Waals surface area contributed by atoms with Crippen molar-refractivity contribution in [3.8, 4) is 16.9 Å². The van der Waals surface area contributed by atoms with Crippen LogP contribution in [0.25, 0.3) is 11.1 Å². The number of carbonyl (C=O) groups is 3. The number of hydrogen-bond acceptors (Lipinski definition) is 5. The molecule has 1 aromatic heterocycles. The van der Waals surface area contributed by atoms with Gasteiger partial charge in [-0.15, -0.1) is 11.3 Å². The fourth-order valence-corrected chi connectivity index (χ4v) is 4.78. The Labute approximate surface area is 176 Å². The van der Waals surface area contributed by atoms with Crippen molar-refractivity contribution in [1.29, 1.82) is 0 Å². The van der Waals surface area contributed by atoms with Crippen LogP contribution in [0.15, 0.2) is 54.6 Å². The molecule has 0 spiro atoms. The number of carboxylic acids is 1. The number of carboxylic acid groups (broad SMARTS) is 1. The molecule has 0 saturated carbocycles. The topological polar surface area (TPSA) is 119 Å². The number of nitrogens with one attached hydrogen (secondary N) is 1. The maximum Gasteiger partial charge on any atom is 0.346 e. The second-order valence-corrected chi connectivity index (χ2v) is 7.90. The molecule has 0 bridgehead atoms. The Bertz CT molecular complexity index is 1120. The Morgan fingerprint density at radius 3 is 2.47 bits per heavy atom. The molecule has 2 aromatic carbocycles. The molecule has 8 heteroatoms. The van der Waals surface area contributed by atoms with E-state index in [-0.39, 0.29) is 29.7 Å². The van der Waals surface area contributed by atoms with Crippen LogP contribution in [0, 0.1) is 0 Å². The molecule has 4 rings (SSSR count). The molecular formula is C22H18N2O5S. The Kier molecular flexibility index (Phi) is 5.24. The molecular weight excluding hydrogens is 404 g/mol. The molecule has 1 unspecified atom stereocenters. The van der Waals surface area contributed by atoms with Gasteiger partial charge in [-0.3, -0.25) is 9.59 Å². The van der Waals surface area contributed by atoms with Crippen molar-refractivity contribution in [3.63, 3.8) is 0 Å². The van der Waals surface area contributed by atoms with Crippen molar-refractivity contribution in [2.45, 2.75) is 12.3 Å². The number of hydrogen-bond donors (Lipinski definition) is 3. The van der Waals surface area contributed by atoms with E-state index in [4.69, 9.17) is 10.5 Å². The third-order valence-corrected chi connectivity index (χ3v) is 6.12. The van der Waals surface area contributed by atoms with Gasteiger partial charge in [0.2, 0.25) is 5.91 Å². The smallest absolute Gasteiger partial charge is 0.346 e. The minimum Gasteiger partial charge on any atom is -0.484 e. The number of nitrogens with two attached hydrogens (primary N) is 1. The molecule has 0 aliphatic carbocycles. The molecule has 4 N–H and O–H groups in total. The first kappa shape index (κ1) is 19.7. The standard InChI is InChI=1S/C22H18N2O5S/c23-16(25)11-29-14-8-6-12(7-9-14)15-10-17(26)24-19-18(13-4-2-1-3-5-13)21(22(27)28)30-20(15)19/h1-9,15H,10-11H2,(H2,23,25)(H,24,26)(H,27,28). The lowest BCUT2D eigenvalue weighted by Gasteiger charge is -2.24. The van der Waals surface area contributed by atoms with Crippen LogP contribution in [0.2, 0.25) is 0 Å². The molecule has 3 aromatic rings. The van der Waals surface area contributed by atoms with Gasteiger partial charge < -0.3 is 20.9 Å². The summed E-state index contributed by atoms with van der Waals surface area (Å²) in [6.45, 7) is -0.220. The maximum absolute atomic E-state index is 12.5. The molecule has 152 valence electrons. The van der Waals surface area contributed by atoms with Gasteiger partial charge in [0.05, 0.1) is 5.69 Å². The van der Waals surface area contributed by atoms with Gasteiger partial charge in [-0.25, -0.2) is 4.79 Å². The number of benzene rings is 2. The lowest BCUT2D eigenvalue weighted by Crippen LogP contribution is -2.22. The molecule has 0 radical (unpaired) electrons. The number of fused-ring (bicyclic) bond motifs is 1. The van der Waals surface area contributed by atoms with Gasteiger partial charge in [0.1, 0.15) is 10.6 Å². The predicted octanol–water partition coefficient (Wildman–Crippen LogP) is 3.45. The van der Waals surface area contributed by atoms with Crippen molar-refractivity contribution < 1.29 is 24.2 Å². The highest BCUT2D eigenvalue weighted by molar-refractivity contribution is 7.15. The fraction of sp³-hybridized carbons (Fsp3) is 0.136. The van der Waals surface area contributed by atoms with Crippen molar-refractivity contribution in [3.05, 3.63) is 69.9 Å². The zero-order valence-electron chi connectivity index (χ0n) is 15.8. The minimum absolute atomic E-state index is 0.173. The number of rotatable bonds is 6. The Balaban J connectivity index is 1.76. The largest absolute Gasteiger partial charge is 0.484 e. The predicted molar refractivity (Wildman–Crippen MR) is 113 cm³/mol. The van der Waals surface area contributed by atoms with Gasteiger partial charge in [0.25, 0.3) is 5.91 Å². The van der Waals surface area contributed by atoms with Crippen LogP contribution in [0.3, 0.4) is 0 Å². The SMILES string of the molecule is NC(=O)COc1ccc(C2CC(=O)Nc3c2sc(C(=O)O)c3-c2ccccc2)cc1. The molecule has 0 saturated heterocycles. The monoisotopic (exact) mass is 422 g/mol. The van der Waals surface area contributed by atoms with E-state index < -0.39 is 11.9 Å². The number of amides is 2. The van der Waals surface area contributed by atoms with Crippen molar-refractivity contribution in [2.24, 2.45) is 5.73 Å². The first-order chi connectivity index (χ1) is 14.4. The highest BCUT2D eigenvalue weighted by Crippen LogP contribution is 2.49. The first-order valence-electron chi connectivity index (χ1n) is 9.20. The summed E-state index contributed by atoms with van der Waals surface area (Å²) in [6, 6.07) is 16.2. The highest BCUT2D eigenvalue weighted by atomic mass is 32.1. The molecule has 0 fully saturated rings. The van der Waals surface area contributed by atoms with Crippen molar-refractivity contribution in [1.82, 2.24) is 0 Å². The van der Waals surface area contributed by atoms with E-state index in [9.17, 15) is 19.5 Å². The van der Waals surface area contributed by atoms with Crippen LogP contribution in [-0.4, -0.2) is 29.5 Å². The molecule has 1 aliphatic heterocycles. The number of thiophene rings is 1.